The fourth-order valence-corrected chi connectivity index (χ4v) is 3.79. The van der Waals surface area contributed by atoms with Crippen molar-refractivity contribution in [3.8, 4) is 17.2 Å². The molecule has 0 fully saturated rings. The number of hydrogen-bond donors (Lipinski definition) is 0. The van der Waals surface area contributed by atoms with Crippen molar-refractivity contribution in [2.24, 2.45) is 7.05 Å². The van der Waals surface area contributed by atoms with Gasteiger partial charge in [-0.05, 0) is 54.1 Å². The molecule has 0 aliphatic carbocycles. The van der Waals surface area contributed by atoms with Gasteiger partial charge in [-0.2, -0.15) is 0 Å². The molecular weight excluding hydrogens is 409 g/mol. The van der Waals surface area contributed by atoms with Crippen LogP contribution in [0.5, 0.6) is 17.2 Å². The van der Waals surface area contributed by atoms with Crippen LogP contribution in [0.15, 0.2) is 72.6 Å². The molecule has 0 spiro atoms. The van der Waals surface area contributed by atoms with Gasteiger partial charge in [0.25, 0.3) is 0 Å². The summed E-state index contributed by atoms with van der Waals surface area (Å²) in [5, 5.41) is 0.968. The molecule has 6 heteroatoms. The Labute approximate surface area is 184 Å². The number of rotatable bonds is 5. The minimum Gasteiger partial charge on any atom is -0.497 e. The van der Waals surface area contributed by atoms with Crippen LogP contribution in [-0.2, 0) is 13.7 Å². The molecule has 32 heavy (non-hydrogen) atoms. The lowest BCUT2D eigenvalue weighted by Crippen LogP contribution is -1.98. The molecule has 0 unspecified atom stereocenters. The van der Waals surface area contributed by atoms with E-state index in [0.717, 1.165) is 27.8 Å². The van der Waals surface area contributed by atoms with Crippen molar-refractivity contribution >= 4 is 22.8 Å². The number of benzene rings is 3. The Kier molecular flexibility index (Phi) is 4.90. The van der Waals surface area contributed by atoms with E-state index in [-0.39, 0.29) is 24.0 Å². The maximum Gasteiger partial charge on any atom is 0.231 e. The molecule has 0 bridgehead atoms. The predicted molar refractivity (Wildman–Crippen MR) is 120 cm³/mol. The number of carbonyl (C=O) groups excluding carboxylic acids is 1. The molecule has 0 atom stereocenters. The van der Waals surface area contributed by atoms with E-state index in [9.17, 15) is 9.18 Å². The Hall–Kier alpha value is -4.06. The van der Waals surface area contributed by atoms with E-state index < -0.39 is 0 Å². The Morgan fingerprint density at radius 1 is 1.03 bits per heavy atom. The van der Waals surface area contributed by atoms with Crippen LogP contribution < -0.4 is 14.2 Å². The van der Waals surface area contributed by atoms with Crippen molar-refractivity contribution in [3.05, 3.63) is 95.1 Å². The van der Waals surface area contributed by atoms with Crippen LogP contribution >= 0.6 is 0 Å². The molecule has 0 radical (unpaired) electrons. The second-order valence-corrected chi connectivity index (χ2v) is 7.59. The molecular formula is C26H20FNO4. The molecule has 2 heterocycles. The molecule has 5 rings (SSSR count). The Bertz CT molecular complexity index is 1370. The largest absolute Gasteiger partial charge is 0.497 e. The van der Waals surface area contributed by atoms with E-state index >= 15 is 0 Å². The number of halogens is 1. The monoisotopic (exact) mass is 429 g/mol. The maximum atomic E-state index is 13.1. The number of ether oxygens (including phenoxy) is 3. The number of carbonyl (C=O) groups is 1. The third-order valence-electron chi connectivity index (χ3n) is 5.47. The van der Waals surface area contributed by atoms with Crippen molar-refractivity contribution < 1.29 is 23.4 Å². The highest BCUT2D eigenvalue weighted by Gasteiger charge is 2.28. The molecule has 0 amide bonds. The first-order valence-electron chi connectivity index (χ1n) is 10.1. The fourth-order valence-electron chi connectivity index (χ4n) is 3.79. The number of methoxy groups -OCH3 is 1. The summed E-state index contributed by atoms with van der Waals surface area (Å²) in [6.45, 7) is 0.285. The SMILES string of the molecule is COc1ccc2c(c1)c(C=C1Oc3cc(OCc4ccc(F)cc4)ccc3C1=O)cn2C. The minimum absolute atomic E-state index is 0.176. The van der Waals surface area contributed by atoms with Crippen molar-refractivity contribution in [3.63, 3.8) is 0 Å². The maximum absolute atomic E-state index is 13.1. The topological polar surface area (TPSA) is 49.7 Å². The average Bonchev–Trinajstić information content (AvgIpc) is 3.29. The summed E-state index contributed by atoms with van der Waals surface area (Å²) in [4.78, 5) is 12.9. The van der Waals surface area contributed by atoms with E-state index in [1.54, 1.807) is 43.5 Å². The van der Waals surface area contributed by atoms with Crippen LogP contribution in [0, 0.1) is 5.82 Å². The van der Waals surface area contributed by atoms with E-state index in [2.05, 4.69) is 0 Å². The first-order valence-corrected chi connectivity index (χ1v) is 10.1. The van der Waals surface area contributed by atoms with Crippen molar-refractivity contribution in [1.29, 1.82) is 0 Å². The second-order valence-electron chi connectivity index (χ2n) is 7.59. The lowest BCUT2D eigenvalue weighted by atomic mass is 10.1. The summed E-state index contributed by atoms with van der Waals surface area (Å²) < 4.78 is 32.1. The van der Waals surface area contributed by atoms with Gasteiger partial charge in [0.15, 0.2) is 5.76 Å². The predicted octanol–water partition coefficient (Wildman–Crippen LogP) is 5.52. The normalized spacial score (nSPS) is 14.0. The zero-order valence-electron chi connectivity index (χ0n) is 17.6. The lowest BCUT2D eigenvalue weighted by molar-refractivity contribution is 0.101. The van der Waals surface area contributed by atoms with Crippen molar-refractivity contribution in [2.75, 3.05) is 7.11 Å². The number of aromatic nitrogens is 1. The number of ketones is 1. The van der Waals surface area contributed by atoms with Gasteiger partial charge in [0.05, 0.1) is 12.7 Å². The second kappa shape index (κ2) is 7.89. The van der Waals surface area contributed by atoms with Gasteiger partial charge >= 0.3 is 0 Å². The van der Waals surface area contributed by atoms with Crippen LogP contribution in [0.3, 0.4) is 0 Å². The molecule has 0 saturated heterocycles. The van der Waals surface area contributed by atoms with E-state index in [1.807, 2.05) is 36.0 Å². The molecule has 0 N–H and O–H groups in total. The highest BCUT2D eigenvalue weighted by molar-refractivity contribution is 6.15. The van der Waals surface area contributed by atoms with Gasteiger partial charge in [-0.1, -0.05) is 12.1 Å². The summed E-state index contributed by atoms with van der Waals surface area (Å²) in [7, 11) is 3.58. The number of nitrogens with zero attached hydrogens (tertiary/aromatic N) is 1. The third kappa shape index (κ3) is 3.60. The summed E-state index contributed by atoms with van der Waals surface area (Å²) in [5.41, 5.74) is 3.22. The molecule has 1 aliphatic rings. The number of fused-ring (bicyclic) bond motifs is 2. The zero-order chi connectivity index (χ0) is 22.2. The third-order valence-corrected chi connectivity index (χ3v) is 5.47. The van der Waals surface area contributed by atoms with E-state index in [0.29, 0.717) is 17.1 Å². The fraction of sp³-hybridized carbons (Fsp3) is 0.115. The number of allylic oxidation sites excluding steroid dienone is 1. The van der Waals surface area contributed by atoms with Gasteiger partial charge in [0.2, 0.25) is 5.78 Å². The zero-order valence-corrected chi connectivity index (χ0v) is 17.6. The van der Waals surface area contributed by atoms with Gasteiger partial charge < -0.3 is 18.8 Å². The number of Topliss-reactive ketones (excluding diaryl/α,β-unsaturated/α-hetero) is 1. The van der Waals surface area contributed by atoms with Gasteiger partial charge in [-0.15, -0.1) is 0 Å². The Morgan fingerprint density at radius 3 is 2.59 bits per heavy atom. The summed E-state index contributed by atoms with van der Waals surface area (Å²) in [5.74, 6) is 1.55. The van der Waals surface area contributed by atoms with Gasteiger partial charge in [0, 0.05) is 35.8 Å². The number of aryl methyl sites for hydroxylation is 1. The van der Waals surface area contributed by atoms with Crippen molar-refractivity contribution in [1.82, 2.24) is 4.57 Å². The highest BCUT2D eigenvalue weighted by atomic mass is 19.1. The molecule has 160 valence electrons. The molecule has 3 aromatic carbocycles. The van der Waals surface area contributed by atoms with Crippen molar-refractivity contribution in [2.45, 2.75) is 6.61 Å². The summed E-state index contributed by atoms with van der Waals surface area (Å²) in [6.07, 6.45) is 3.71. The van der Waals surface area contributed by atoms with Gasteiger partial charge in [0.1, 0.15) is 29.7 Å². The summed E-state index contributed by atoms with van der Waals surface area (Å²) >= 11 is 0. The lowest BCUT2D eigenvalue weighted by Gasteiger charge is -2.07. The number of hydrogen-bond acceptors (Lipinski definition) is 4. The Morgan fingerprint density at radius 2 is 1.81 bits per heavy atom. The van der Waals surface area contributed by atoms with Gasteiger partial charge in [-0.25, -0.2) is 4.39 Å². The molecule has 5 nitrogen and oxygen atoms in total. The average molecular weight is 429 g/mol. The van der Waals surface area contributed by atoms with E-state index in [1.165, 1.54) is 12.1 Å². The molecule has 4 aromatic rings. The van der Waals surface area contributed by atoms with Crippen LogP contribution in [0.2, 0.25) is 0 Å². The van der Waals surface area contributed by atoms with Crippen LogP contribution in [0.4, 0.5) is 4.39 Å². The Balaban J connectivity index is 1.40. The summed E-state index contributed by atoms with van der Waals surface area (Å²) in [6, 6.07) is 17.1. The molecule has 0 saturated carbocycles. The van der Waals surface area contributed by atoms with Crippen LogP contribution in [0.1, 0.15) is 21.5 Å². The molecule has 1 aliphatic heterocycles. The molecule has 1 aromatic heterocycles. The van der Waals surface area contributed by atoms with Crippen LogP contribution in [0.25, 0.3) is 17.0 Å². The standard InChI is InChI=1S/C26H20FNO4/c1-28-14-17(22-12-19(30-2)8-10-23(22)28)11-25-26(29)21-9-7-20(13-24(21)32-25)31-15-16-3-5-18(27)6-4-16/h3-14H,15H2,1-2H3. The first kappa shape index (κ1) is 19.9. The smallest absolute Gasteiger partial charge is 0.231 e. The highest BCUT2D eigenvalue weighted by Crippen LogP contribution is 2.36. The quantitative estimate of drug-likeness (QED) is 0.392. The van der Waals surface area contributed by atoms with Gasteiger partial charge in [-0.3, -0.25) is 4.79 Å². The van der Waals surface area contributed by atoms with E-state index in [4.69, 9.17) is 14.2 Å². The first-order chi connectivity index (χ1) is 15.5. The minimum atomic E-state index is -0.290. The van der Waals surface area contributed by atoms with Crippen LogP contribution in [-0.4, -0.2) is 17.5 Å².